The summed E-state index contributed by atoms with van der Waals surface area (Å²) in [4.78, 5) is 25.6. The van der Waals surface area contributed by atoms with E-state index in [9.17, 15) is 13.2 Å². The van der Waals surface area contributed by atoms with Crippen LogP contribution in [0.5, 0.6) is 11.6 Å². The molecule has 1 amide bonds. The third-order valence-electron chi connectivity index (χ3n) is 7.20. The van der Waals surface area contributed by atoms with Gasteiger partial charge in [-0.2, -0.15) is 13.4 Å². The van der Waals surface area contributed by atoms with Crippen LogP contribution < -0.4 is 24.5 Å². The standard InChI is InChI=1S/C31H37N7O5S/c1-7-29(39)32-24-16-25(28(42-5)18-27(24)37(4)15-14-36(2)3)34-31-33-23(17-30(35-31)43-44(6,40)41)22-19-38(20-12-13-20)26-11-9-8-10-21(22)26/h7-11,16-20H,1,12-15H2,2-6H3,(H,32,39)(H,33,34,35). The van der Waals surface area contributed by atoms with Crippen molar-refractivity contribution in [2.45, 2.75) is 18.9 Å². The number of ether oxygens (including phenoxy) is 1. The molecule has 2 aromatic carbocycles. The highest BCUT2D eigenvalue weighted by molar-refractivity contribution is 7.86. The van der Waals surface area contributed by atoms with Crippen molar-refractivity contribution in [1.29, 1.82) is 0 Å². The molecule has 0 radical (unpaired) electrons. The molecule has 13 heteroatoms. The average molecular weight is 620 g/mol. The van der Waals surface area contributed by atoms with E-state index in [0.29, 0.717) is 35.4 Å². The molecule has 12 nitrogen and oxygen atoms in total. The largest absolute Gasteiger partial charge is 0.494 e. The normalized spacial score (nSPS) is 13.1. The maximum atomic E-state index is 12.4. The number of anilines is 4. The van der Waals surface area contributed by atoms with Crippen molar-refractivity contribution in [2.24, 2.45) is 0 Å². The Morgan fingerprint density at radius 1 is 1.11 bits per heavy atom. The van der Waals surface area contributed by atoms with Crippen LogP contribution in [0.2, 0.25) is 0 Å². The molecule has 4 aromatic rings. The molecule has 0 bridgehead atoms. The molecule has 1 aliphatic carbocycles. The zero-order chi connectivity index (χ0) is 31.6. The third-order valence-corrected chi connectivity index (χ3v) is 7.67. The Balaban J connectivity index is 1.60. The van der Waals surface area contributed by atoms with E-state index >= 15 is 0 Å². The lowest BCUT2D eigenvalue weighted by Crippen LogP contribution is -2.29. The van der Waals surface area contributed by atoms with Gasteiger partial charge in [0.25, 0.3) is 0 Å². The van der Waals surface area contributed by atoms with Gasteiger partial charge in [-0.1, -0.05) is 24.8 Å². The first-order chi connectivity index (χ1) is 21.0. The highest BCUT2D eigenvalue weighted by Crippen LogP contribution is 2.42. The van der Waals surface area contributed by atoms with E-state index in [4.69, 9.17) is 13.9 Å². The van der Waals surface area contributed by atoms with Gasteiger partial charge >= 0.3 is 10.1 Å². The SMILES string of the molecule is C=CC(=O)Nc1cc(Nc2nc(OS(C)(=O)=O)cc(-c3cn(C4CC4)c4ccccc34)n2)c(OC)cc1N(C)CCN(C)C. The molecule has 2 aromatic heterocycles. The Morgan fingerprint density at radius 2 is 1.86 bits per heavy atom. The predicted octanol–water partition coefficient (Wildman–Crippen LogP) is 4.65. The summed E-state index contributed by atoms with van der Waals surface area (Å²) in [5.41, 5.74) is 4.06. The van der Waals surface area contributed by atoms with Gasteiger partial charge in [0.15, 0.2) is 0 Å². The highest BCUT2D eigenvalue weighted by Gasteiger charge is 2.27. The number of hydrogen-bond acceptors (Lipinski definition) is 10. The van der Waals surface area contributed by atoms with E-state index in [1.807, 2.05) is 50.4 Å². The lowest BCUT2D eigenvalue weighted by molar-refractivity contribution is -0.111. The highest BCUT2D eigenvalue weighted by atomic mass is 32.2. The van der Waals surface area contributed by atoms with Crippen LogP contribution in [-0.2, 0) is 14.9 Å². The molecule has 5 rings (SSSR count). The zero-order valence-corrected chi connectivity index (χ0v) is 26.3. The third kappa shape index (κ3) is 7.12. The van der Waals surface area contributed by atoms with Gasteiger partial charge in [0, 0.05) is 61.0 Å². The van der Waals surface area contributed by atoms with Gasteiger partial charge in [0.1, 0.15) is 5.75 Å². The fourth-order valence-electron chi connectivity index (χ4n) is 4.91. The van der Waals surface area contributed by atoms with Crippen molar-refractivity contribution in [3.63, 3.8) is 0 Å². The second-order valence-electron chi connectivity index (χ2n) is 11.0. The van der Waals surface area contributed by atoms with Crippen molar-refractivity contribution >= 4 is 49.9 Å². The molecule has 0 unspecified atom stereocenters. The van der Waals surface area contributed by atoms with E-state index in [2.05, 4.69) is 37.7 Å². The number of aromatic nitrogens is 3. The summed E-state index contributed by atoms with van der Waals surface area (Å²) >= 11 is 0. The Bertz CT molecular complexity index is 1820. The minimum absolute atomic E-state index is 0.0809. The number of fused-ring (bicyclic) bond motifs is 1. The topological polar surface area (TPSA) is 131 Å². The predicted molar refractivity (Wildman–Crippen MR) is 174 cm³/mol. The lowest BCUT2D eigenvalue weighted by atomic mass is 10.1. The maximum Gasteiger partial charge on any atom is 0.307 e. The first-order valence-electron chi connectivity index (χ1n) is 14.1. The van der Waals surface area contributed by atoms with Crippen molar-refractivity contribution in [3.8, 4) is 22.9 Å². The average Bonchev–Trinajstić information content (AvgIpc) is 3.74. The summed E-state index contributed by atoms with van der Waals surface area (Å²) in [5, 5.41) is 7.01. The monoisotopic (exact) mass is 619 g/mol. The van der Waals surface area contributed by atoms with Crippen LogP contribution in [0, 0.1) is 0 Å². The van der Waals surface area contributed by atoms with Crippen LogP contribution in [0.1, 0.15) is 18.9 Å². The van der Waals surface area contributed by atoms with Gasteiger partial charge in [-0.25, -0.2) is 4.98 Å². The number of carbonyl (C=O) groups is 1. The van der Waals surface area contributed by atoms with Gasteiger partial charge in [-0.15, -0.1) is 0 Å². The van der Waals surface area contributed by atoms with E-state index < -0.39 is 10.1 Å². The van der Waals surface area contributed by atoms with Crippen LogP contribution in [0.3, 0.4) is 0 Å². The number of amides is 1. The molecule has 2 heterocycles. The number of methoxy groups -OCH3 is 1. The molecule has 44 heavy (non-hydrogen) atoms. The first-order valence-corrected chi connectivity index (χ1v) is 15.9. The van der Waals surface area contributed by atoms with Crippen LogP contribution in [-0.4, -0.2) is 81.4 Å². The molecule has 0 spiro atoms. The lowest BCUT2D eigenvalue weighted by Gasteiger charge is -2.26. The number of benzene rings is 2. The smallest absolute Gasteiger partial charge is 0.307 e. The molecule has 1 fully saturated rings. The van der Waals surface area contributed by atoms with Crippen molar-refractivity contribution in [1.82, 2.24) is 19.4 Å². The molecule has 1 aliphatic rings. The molecular formula is C31H37N7O5S. The second kappa shape index (κ2) is 12.5. The van der Waals surface area contributed by atoms with Crippen LogP contribution >= 0.6 is 0 Å². The van der Waals surface area contributed by atoms with Crippen LogP contribution in [0.4, 0.5) is 23.0 Å². The van der Waals surface area contributed by atoms with Gasteiger partial charge < -0.3 is 33.9 Å². The summed E-state index contributed by atoms with van der Waals surface area (Å²) < 4.78 is 37.4. The minimum atomic E-state index is -3.88. The molecule has 1 saturated carbocycles. The Hall–Kier alpha value is -4.62. The van der Waals surface area contributed by atoms with E-state index in [0.717, 1.165) is 47.8 Å². The van der Waals surface area contributed by atoms with Gasteiger partial charge in [0.05, 0.1) is 36.1 Å². The van der Waals surface area contributed by atoms with E-state index in [-0.39, 0.29) is 17.7 Å². The molecule has 0 aliphatic heterocycles. The van der Waals surface area contributed by atoms with Gasteiger partial charge in [0.2, 0.25) is 17.7 Å². The first kappa shape index (κ1) is 30.8. The fourth-order valence-corrected chi connectivity index (χ4v) is 5.30. The van der Waals surface area contributed by atoms with E-state index in [1.165, 1.54) is 19.3 Å². The Morgan fingerprint density at radius 3 is 2.52 bits per heavy atom. The van der Waals surface area contributed by atoms with Crippen molar-refractivity contribution < 1.29 is 22.1 Å². The Kier molecular flexibility index (Phi) is 8.79. The zero-order valence-electron chi connectivity index (χ0n) is 25.5. The van der Waals surface area contributed by atoms with Gasteiger partial charge in [-0.05, 0) is 45.1 Å². The molecular weight excluding hydrogens is 582 g/mol. The quantitative estimate of drug-likeness (QED) is 0.161. The minimum Gasteiger partial charge on any atom is -0.494 e. The summed E-state index contributed by atoms with van der Waals surface area (Å²) in [6.07, 6.45) is 6.40. The summed E-state index contributed by atoms with van der Waals surface area (Å²) in [6.45, 7) is 5.05. The second-order valence-corrected chi connectivity index (χ2v) is 12.6. The van der Waals surface area contributed by atoms with Crippen LogP contribution in [0.25, 0.3) is 22.2 Å². The molecule has 0 atom stereocenters. The summed E-state index contributed by atoms with van der Waals surface area (Å²) in [5.74, 6) is 0.0237. The number of hydrogen-bond donors (Lipinski definition) is 2. The van der Waals surface area contributed by atoms with Crippen molar-refractivity contribution in [3.05, 3.63) is 61.3 Å². The molecule has 232 valence electrons. The number of nitrogens with zero attached hydrogens (tertiary/aromatic N) is 5. The number of carbonyl (C=O) groups excluding carboxylic acids is 1. The number of rotatable bonds is 13. The van der Waals surface area contributed by atoms with Crippen molar-refractivity contribution in [2.75, 3.05) is 63.1 Å². The maximum absolute atomic E-state index is 12.4. The summed E-state index contributed by atoms with van der Waals surface area (Å²) in [7, 11) is 3.55. The van der Waals surface area contributed by atoms with Gasteiger partial charge in [-0.3, -0.25) is 4.79 Å². The number of para-hydroxylation sites is 1. The van der Waals surface area contributed by atoms with E-state index in [1.54, 1.807) is 12.1 Å². The number of nitrogens with one attached hydrogen (secondary N) is 2. The fraction of sp³-hybridized carbons (Fsp3) is 0.323. The molecule has 2 N–H and O–H groups in total. The van der Waals surface area contributed by atoms with Crippen LogP contribution in [0.15, 0.2) is 61.3 Å². The Labute approximate surface area is 257 Å². The number of likely N-dealkylation sites (N-methyl/N-ethyl adjacent to an activating group) is 2. The molecule has 0 saturated heterocycles. The summed E-state index contributed by atoms with van der Waals surface area (Å²) in [6, 6.07) is 13.5.